The topological polar surface area (TPSA) is 55.8 Å². The molecule has 1 aliphatic carbocycles. The van der Waals surface area contributed by atoms with Gasteiger partial charge in [-0.2, -0.15) is 0 Å². The predicted octanol–water partition coefficient (Wildman–Crippen LogP) is 2.07. The van der Waals surface area contributed by atoms with Gasteiger partial charge in [-0.15, -0.1) is 0 Å². The zero-order valence-electron chi connectivity index (χ0n) is 10.9. The first kappa shape index (κ1) is 12.8. The summed E-state index contributed by atoms with van der Waals surface area (Å²) in [5.74, 6) is -0.735. The van der Waals surface area contributed by atoms with Gasteiger partial charge in [0.25, 0.3) is 0 Å². The standard InChI is InChI=1S/C13H22O4/c1-11(2)8-13(11,10(14)15)12(9-16-3)6-4-5-7-17-12/h4-9H2,1-3H3,(H,14,15). The Morgan fingerprint density at radius 3 is 2.41 bits per heavy atom. The van der Waals surface area contributed by atoms with Gasteiger partial charge in [-0.1, -0.05) is 13.8 Å². The van der Waals surface area contributed by atoms with Gasteiger partial charge in [0.15, 0.2) is 0 Å². The van der Waals surface area contributed by atoms with Crippen LogP contribution in [0.3, 0.4) is 0 Å². The Morgan fingerprint density at radius 2 is 2.06 bits per heavy atom. The third-order valence-corrected chi connectivity index (χ3v) is 4.61. The molecule has 0 amide bonds. The van der Waals surface area contributed by atoms with E-state index >= 15 is 0 Å². The Labute approximate surface area is 102 Å². The van der Waals surface area contributed by atoms with Crippen molar-refractivity contribution in [3.05, 3.63) is 0 Å². The second-order valence-electron chi connectivity index (χ2n) is 6.00. The molecule has 2 rings (SSSR count). The number of rotatable bonds is 4. The largest absolute Gasteiger partial charge is 0.481 e. The summed E-state index contributed by atoms with van der Waals surface area (Å²) < 4.78 is 11.2. The number of ether oxygens (including phenoxy) is 2. The van der Waals surface area contributed by atoms with Crippen LogP contribution in [0, 0.1) is 10.8 Å². The molecule has 0 aromatic carbocycles. The molecule has 4 heteroatoms. The zero-order chi connectivity index (χ0) is 12.7. The molecule has 2 fully saturated rings. The van der Waals surface area contributed by atoms with Crippen molar-refractivity contribution in [1.29, 1.82) is 0 Å². The Bertz CT molecular complexity index is 312. The Kier molecular flexibility index (Phi) is 2.99. The number of carbonyl (C=O) groups is 1. The van der Waals surface area contributed by atoms with E-state index in [9.17, 15) is 9.90 Å². The van der Waals surface area contributed by atoms with Crippen molar-refractivity contribution < 1.29 is 19.4 Å². The molecule has 0 bridgehead atoms. The summed E-state index contributed by atoms with van der Waals surface area (Å²) in [5, 5.41) is 9.65. The number of carboxylic acid groups (broad SMARTS) is 1. The van der Waals surface area contributed by atoms with Gasteiger partial charge in [0, 0.05) is 13.7 Å². The number of hydrogen-bond donors (Lipinski definition) is 1. The maximum atomic E-state index is 11.7. The van der Waals surface area contributed by atoms with Crippen LogP contribution in [0.1, 0.15) is 39.5 Å². The average Bonchev–Trinajstić information content (AvgIpc) is 2.86. The fourth-order valence-corrected chi connectivity index (χ4v) is 3.62. The summed E-state index contributed by atoms with van der Waals surface area (Å²) >= 11 is 0. The molecule has 2 atom stereocenters. The molecular formula is C13H22O4. The van der Waals surface area contributed by atoms with Gasteiger partial charge in [-0.25, -0.2) is 0 Å². The highest BCUT2D eigenvalue weighted by Crippen LogP contribution is 2.71. The van der Waals surface area contributed by atoms with Crippen LogP contribution in [0.2, 0.25) is 0 Å². The number of carboxylic acids is 1. The SMILES string of the molecule is COCC1(C2(C(=O)O)CC2(C)C)CCCCO1. The van der Waals surface area contributed by atoms with Crippen LogP contribution in [0.25, 0.3) is 0 Å². The fourth-order valence-electron chi connectivity index (χ4n) is 3.62. The van der Waals surface area contributed by atoms with E-state index in [0.717, 1.165) is 19.3 Å². The van der Waals surface area contributed by atoms with Gasteiger partial charge in [-0.3, -0.25) is 4.79 Å². The smallest absolute Gasteiger partial charge is 0.313 e. The lowest BCUT2D eigenvalue weighted by Gasteiger charge is -2.43. The molecule has 1 saturated carbocycles. The van der Waals surface area contributed by atoms with E-state index in [2.05, 4.69) is 0 Å². The minimum atomic E-state index is -0.767. The lowest BCUT2D eigenvalue weighted by molar-refractivity contribution is -0.189. The van der Waals surface area contributed by atoms with Gasteiger partial charge in [0.2, 0.25) is 0 Å². The highest BCUT2D eigenvalue weighted by atomic mass is 16.5. The lowest BCUT2D eigenvalue weighted by Crippen LogP contribution is -2.54. The summed E-state index contributed by atoms with van der Waals surface area (Å²) in [6.07, 6.45) is 3.51. The highest BCUT2D eigenvalue weighted by Gasteiger charge is 2.77. The molecule has 2 aliphatic rings. The molecule has 17 heavy (non-hydrogen) atoms. The van der Waals surface area contributed by atoms with E-state index in [-0.39, 0.29) is 5.41 Å². The minimum absolute atomic E-state index is 0.200. The van der Waals surface area contributed by atoms with Crippen molar-refractivity contribution in [1.82, 2.24) is 0 Å². The van der Waals surface area contributed by atoms with Crippen molar-refractivity contribution >= 4 is 5.97 Å². The Hall–Kier alpha value is -0.610. The zero-order valence-corrected chi connectivity index (χ0v) is 10.9. The van der Waals surface area contributed by atoms with Crippen molar-refractivity contribution in [3.8, 4) is 0 Å². The van der Waals surface area contributed by atoms with Crippen LogP contribution < -0.4 is 0 Å². The summed E-state index contributed by atoms with van der Waals surface area (Å²) in [6, 6.07) is 0. The first-order chi connectivity index (χ1) is 7.92. The summed E-state index contributed by atoms with van der Waals surface area (Å²) in [4.78, 5) is 11.7. The first-order valence-electron chi connectivity index (χ1n) is 6.28. The van der Waals surface area contributed by atoms with Gasteiger partial charge >= 0.3 is 5.97 Å². The fraction of sp³-hybridized carbons (Fsp3) is 0.923. The van der Waals surface area contributed by atoms with Crippen LogP contribution in [0.15, 0.2) is 0 Å². The van der Waals surface area contributed by atoms with E-state index < -0.39 is 17.0 Å². The number of aliphatic carboxylic acids is 1. The maximum absolute atomic E-state index is 11.7. The van der Waals surface area contributed by atoms with Crippen molar-refractivity contribution in [2.45, 2.75) is 45.1 Å². The van der Waals surface area contributed by atoms with E-state index in [1.54, 1.807) is 7.11 Å². The summed E-state index contributed by atoms with van der Waals surface area (Å²) in [7, 11) is 1.62. The molecule has 1 heterocycles. The molecule has 98 valence electrons. The van der Waals surface area contributed by atoms with Gasteiger partial charge in [0.05, 0.1) is 6.61 Å². The second kappa shape index (κ2) is 3.95. The molecular weight excluding hydrogens is 220 g/mol. The molecule has 1 aliphatic heterocycles. The van der Waals surface area contributed by atoms with Crippen LogP contribution in [0.4, 0.5) is 0 Å². The van der Waals surface area contributed by atoms with Gasteiger partial charge < -0.3 is 14.6 Å². The number of methoxy groups -OCH3 is 1. The van der Waals surface area contributed by atoms with Crippen molar-refractivity contribution in [2.75, 3.05) is 20.3 Å². The van der Waals surface area contributed by atoms with Crippen molar-refractivity contribution in [3.63, 3.8) is 0 Å². The molecule has 0 spiro atoms. The highest BCUT2D eigenvalue weighted by molar-refractivity contribution is 5.82. The maximum Gasteiger partial charge on any atom is 0.313 e. The lowest BCUT2D eigenvalue weighted by atomic mass is 9.74. The Balaban J connectivity index is 2.35. The van der Waals surface area contributed by atoms with E-state index in [1.807, 2.05) is 13.8 Å². The van der Waals surface area contributed by atoms with Crippen LogP contribution in [-0.2, 0) is 14.3 Å². The molecule has 0 aromatic rings. The molecule has 4 nitrogen and oxygen atoms in total. The minimum Gasteiger partial charge on any atom is -0.481 e. The molecule has 0 aromatic heterocycles. The third kappa shape index (κ3) is 1.61. The molecule has 2 unspecified atom stereocenters. The number of hydrogen-bond acceptors (Lipinski definition) is 3. The first-order valence-corrected chi connectivity index (χ1v) is 6.28. The van der Waals surface area contributed by atoms with E-state index in [0.29, 0.717) is 19.6 Å². The molecule has 0 radical (unpaired) electrons. The summed E-state index contributed by atoms with van der Waals surface area (Å²) in [5.41, 5.74) is -1.60. The van der Waals surface area contributed by atoms with Gasteiger partial charge in [-0.05, 0) is 31.1 Å². The quantitative estimate of drug-likeness (QED) is 0.820. The van der Waals surface area contributed by atoms with Crippen LogP contribution in [-0.4, -0.2) is 37.0 Å². The predicted molar refractivity (Wildman–Crippen MR) is 62.9 cm³/mol. The van der Waals surface area contributed by atoms with Crippen LogP contribution in [0.5, 0.6) is 0 Å². The van der Waals surface area contributed by atoms with Crippen LogP contribution >= 0.6 is 0 Å². The Morgan fingerprint density at radius 1 is 1.41 bits per heavy atom. The van der Waals surface area contributed by atoms with Gasteiger partial charge in [0.1, 0.15) is 11.0 Å². The van der Waals surface area contributed by atoms with Crippen molar-refractivity contribution in [2.24, 2.45) is 10.8 Å². The molecule has 1 N–H and O–H groups in total. The third-order valence-electron chi connectivity index (χ3n) is 4.61. The van der Waals surface area contributed by atoms with E-state index in [1.165, 1.54) is 0 Å². The monoisotopic (exact) mass is 242 g/mol. The summed E-state index contributed by atoms with van der Waals surface area (Å²) in [6.45, 7) is 5.05. The normalized spacial score (nSPS) is 39.9. The van der Waals surface area contributed by atoms with E-state index in [4.69, 9.17) is 9.47 Å². The average molecular weight is 242 g/mol. The second-order valence-corrected chi connectivity index (χ2v) is 6.00. The molecule has 1 saturated heterocycles.